The van der Waals surface area contributed by atoms with Crippen LogP contribution < -0.4 is 5.32 Å². The monoisotopic (exact) mass is 434 g/mol. The molecule has 0 saturated carbocycles. The number of carbonyl (C=O) groups is 1. The van der Waals surface area contributed by atoms with Crippen molar-refractivity contribution >= 4 is 23.2 Å². The predicted molar refractivity (Wildman–Crippen MR) is 120 cm³/mol. The number of nitrogens with zero attached hydrogens (tertiary/aromatic N) is 3. The van der Waals surface area contributed by atoms with Gasteiger partial charge in [0.25, 0.3) is 5.91 Å². The molecule has 31 heavy (non-hydrogen) atoms. The first kappa shape index (κ1) is 20.8. The smallest absolute Gasteiger partial charge is 0.295 e. The Morgan fingerprint density at radius 3 is 2.39 bits per heavy atom. The molecule has 4 aromatic rings. The number of amides is 1. The molecule has 0 atom stereocenters. The van der Waals surface area contributed by atoms with Gasteiger partial charge in [-0.1, -0.05) is 29.8 Å². The van der Waals surface area contributed by atoms with Crippen LogP contribution in [0.3, 0.4) is 0 Å². The van der Waals surface area contributed by atoms with Crippen molar-refractivity contribution < 1.29 is 9.18 Å². The molecule has 3 aromatic carbocycles. The zero-order chi connectivity index (χ0) is 22.1. The van der Waals surface area contributed by atoms with Crippen LogP contribution in [0.2, 0.25) is 5.02 Å². The minimum atomic E-state index is -0.484. The number of carbonyl (C=O) groups excluding carboxylic acids is 1. The van der Waals surface area contributed by atoms with Crippen molar-refractivity contribution in [1.29, 1.82) is 0 Å². The molecule has 0 saturated heterocycles. The Morgan fingerprint density at radius 1 is 0.968 bits per heavy atom. The van der Waals surface area contributed by atoms with E-state index in [1.807, 2.05) is 51.1 Å². The highest BCUT2D eigenvalue weighted by atomic mass is 35.5. The first-order chi connectivity index (χ1) is 14.8. The van der Waals surface area contributed by atoms with E-state index < -0.39 is 5.91 Å². The predicted octanol–water partition coefficient (Wildman–Crippen LogP) is 5.90. The number of hydrogen-bond donors (Lipinski definition) is 1. The third-order valence-electron chi connectivity index (χ3n) is 5.11. The van der Waals surface area contributed by atoms with Crippen LogP contribution in [-0.4, -0.2) is 20.7 Å². The van der Waals surface area contributed by atoms with Crippen LogP contribution in [0.15, 0.2) is 60.7 Å². The number of anilines is 1. The van der Waals surface area contributed by atoms with Gasteiger partial charge in [-0.15, -0.1) is 5.10 Å². The summed E-state index contributed by atoms with van der Waals surface area (Å²) in [5.74, 6) is -0.420. The Morgan fingerprint density at radius 2 is 1.71 bits per heavy atom. The highest BCUT2D eigenvalue weighted by Crippen LogP contribution is 2.27. The maximum absolute atomic E-state index is 13.5. The molecule has 1 aromatic heterocycles. The molecule has 1 amide bonds. The molecule has 0 spiro atoms. The van der Waals surface area contributed by atoms with Gasteiger partial charge in [0, 0.05) is 5.56 Å². The normalized spacial score (nSPS) is 10.9. The molecule has 5 nitrogen and oxygen atoms in total. The second-order valence-corrected chi connectivity index (χ2v) is 7.74. The fourth-order valence-electron chi connectivity index (χ4n) is 3.19. The lowest BCUT2D eigenvalue weighted by Gasteiger charge is -2.09. The van der Waals surface area contributed by atoms with Crippen LogP contribution in [0.25, 0.3) is 17.1 Å². The summed E-state index contributed by atoms with van der Waals surface area (Å²) < 4.78 is 15.0. The Kier molecular flexibility index (Phi) is 5.57. The van der Waals surface area contributed by atoms with Crippen LogP contribution in [0.1, 0.15) is 27.3 Å². The molecule has 0 aliphatic carbocycles. The van der Waals surface area contributed by atoms with Crippen LogP contribution in [0, 0.1) is 26.6 Å². The minimum absolute atomic E-state index is 0.0168. The van der Waals surface area contributed by atoms with Crippen molar-refractivity contribution in [2.45, 2.75) is 20.8 Å². The van der Waals surface area contributed by atoms with E-state index in [-0.39, 0.29) is 11.6 Å². The molecular formula is C24H20ClFN4O. The number of nitrogens with one attached hydrogen (secondary N) is 1. The molecular weight excluding hydrogens is 415 g/mol. The van der Waals surface area contributed by atoms with E-state index in [2.05, 4.69) is 15.4 Å². The molecule has 1 heterocycles. The van der Waals surface area contributed by atoms with E-state index in [9.17, 15) is 9.18 Å². The summed E-state index contributed by atoms with van der Waals surface area (Å²) >= 11 is 6.24. The quantitative estimate of drug-likeness (QED) is 0.434. The number of aromatic nitrogens is 3. The van der Waals surface area contributed by atoms with E-state index in [0.29, 0.717) is 22.1 Å². The van der Waals surface area contributed by atoms with Crippen LogP contribution in [0.5, 0.6) is 0 Å². The lowest BCUT2D eigenvalue weighted by atomic mass is 10.1. The number of para-hydroxylation sites is 1. The van der Waals surface area contributed by atoms with Gasteiger partial charge in [-0.2, -0.15) is 0 Å². The summed E-state index contributed by atoms with van der Waals surface area (Å²) in [6, 6.07) is 17.1. The average molecular weight is 435 g/mol. The summed E-state index contributed by atoms with van der Waals surface area (Å²) in [6.45, 7) is 5.87. The molecule has 7 heteroatoms. The van der Waals surface area contributed by atoms with Crippen molar-refractivity contribution in [2.24, 2.45) is 0 Å². The van der Waals surface area contributed by atoms with E-state index in [0.717, 1.165) is 22.4 Å². The van der Waals surface area contributed by atoms with Gasteiger partial charge in [0.1, 0.15) is 5.82 Å². The summed E-state index contributed by atoms with van der Waals surface area (Å²) in [5.41, 5.74) is 4.95. The lowest BCUT2D eigenvalue weighted by Crippen LogP contribution is -2.15. The van der Waals surface area contributed by atoms with Gasteiger partial charge in [0.15, 0.2) is 5.82 Å². The number of halogens is 2. The first-order valence-corrected chi connectivity index (χ1v) is 10.1. The van der Waals surface area contributed by atoms with Gasteiger partial charge in [-0.05, 0) is 79.9 Å². The molecule has 0 bridgehead atoms. The number of aryl methyl sites for hydroxylation is 3. The molecule has 156 valence electrons. The molecule has 0 radical (unpaired) electrons. The third-order valence-corrected chi connectivity index (χ3v) is 5.42. The zero-order valence-corrected chi connectivity index (χ0v) is 18.0. The third kappa shape index (κ3) is 4.20. The first-order valence-electron chi connectivity index (χ1n) is 9.70. The van der Waals surface area contributed by atoms with Gasteiger partial charge in [-0.3, -0.25) is 4.79 Å². The lowest BCUT2D eigenvalue weighted by molar-refractivity contribution is 0.101. The summed E-state index contributed by atoms with van der Waals surface area (Å²) in [6.07, 6.45) is 0. The van der Waals surface area contributed by atoms with E-state index in [1.165, 1.54) is 12.1 Å². The molecule has 0 aliphatic rings. The summed E-state index contributed by atoms with van der Waals surface area (Å²) in [5, 5.41) is 7.69. The summed E-state index contributed by atoms with van der Waals surface area (Å²) in [4.78, 5) is 17.4. The molecule has 4 rings (SSSR count). The number of hydrogen-bond acceptors (Lipinski definition) is 3. The molecule has 1 N–H and O–H groups in total. The summed E-state index contributed by atoms with van der Waals surface area (Å²) in [7, 11) is 0. The Labute approximate surface area is 184 Å². The SMILES string of the molecule is Cc1ccc(-n2nc(C(=O)Nc3c(C)cccc3Cl)nc2-c2ccc(F)cc2)cc1C. The van der Waals surface area contributed by atoms with Gasteiger partial charge < -0.3 is 5.32 Å². The maximum Gasteiger partial charge on any atom is 0.295 e. The molecule has 0 fully saturated rings. The van der Waals surface area contributed by atoms with E-state index in [4.69, 9.17) is 11.6 Å². The van der Waals surface area contributed by atoms with E-state index in [1.54, 1.807) is 22.9 Å². The average Bonchev–Trinajstić information content (AvgIpc) is 3.19. The Hall–Kier alpha value is -3.51. The number of benzene rings is 3. The molecule has 0 unspecified atom stereocenters. The number of rotatable bonds is 4. The highest BCUT2D eigenvalue weighted by molar-refractivity contribution is 6.34. The van der Waals surface area contributed by atoms with Crippen molar-refractivity contribution in [3.05, 3.63) is 94.0 Å². The van der Waals surface area contributed by atoms with Crippen LogP contribution in [-0.2, 0) is 0 Å². The Balaban J connectivity index is 1.80. The minimum Gasteiger partial charge on any atom is -0.318 e. The molecule has 0 aliphatic heterocycles. The van der Waals surface area contributed by atoms with E-state index >= 15 is 0 Å². The van der Waals surface area contributed by atoms with Crippen LogP contribution >= 0.6 is 11.6 Å². The van der Waals surface area contributed by atoms with Crippen molar-refractivity contribution in [2.75, 3.05) is 5.32 Å². The highest BCUT2D eigenvalue weighted by Gasteiger charge is 2.20. The standard InChI is InChI=1S/C24H20ClFN4O/c1-14-7-12-19(13-16(14)3)30-23(17-8-10-18(26)11-9-17)28-22(29-30)24(31)27-21-15(2)5-4-6-20(21)25/h4-13H,1-3H3,(H,27,31). The fraction of sp³-hybridized carbons (Fsp3) is 0.125. The maximum atomic E-state index is 13.5. The largest absolute Gasteiger partial charge is 0.318 e. The van der Waals surface area contributed by atoms with Gasteiger partial charge in [0.2, 0.25) is 5.82 Å². The van der Waals surface area contributed by atoms with Crippen molar-refractivity contribution in [3.8, 4) is 17.1 Å². The second kappa shape index (κ2) is 8.32. The Bertz CT molecular complexity index is 1260. The van der Waals surface area contributed by atoms with Gasteiger partial charge in [-0.25, -0.2) is 14.1 Å². The van der Waals surface area contributed by atoms with Crippen LogP contribution in [0.4, 0.5) is 10.1 Å². The van der Waals surface area contributed by atoms with Crippen molar-refractivity contribution in [1.82, 2.24) is 14.8 Å². The zero-order valence-electron chi connectivity index (χ0n) is 17.3. The topological polar surface area (TPSA) is 59.8 Å². The second-order valence-electron chi connectivity index (χ2n) is 7.33. The fourth-order valence-corrected chi connectivity index (χ4v) is 3.46. The van der Waals surface area contributed by atoms with Crippen molar-refractivity contribution in [3.63, 3.8) is 0 Å². The van der Waals surface area contributed by atoms with Gasteiger partial charge in [0.05, 0.1) is 16.4 Å². The van der Waals surface area contributed by atoms with Gasteiger partial charge >= 0.3 is 0 Å².